The maximum absolute atomic E-state index is 12.9. The third-order valence-corrected chi connectivity index (χ3v) is 14.6. The van der Waals surface area contributed by atoms with E-state index in [2.05, 4.69) is 154 Å². The highest BCUT2D eigenvalue weighted by molar-refractivity contribution is 5.71. The highest BCUT2D eigenvalue weighted by Gasteiger charge is 2.19. The Morgan fingerprint density at radius 3 is 0.771 bits per heavy atom. The standard InChI is InChI=1S/C77H128O6/c1-4-7-10-13-16-19-22-25-28-31-32-33-34-35-36-37-38-39-40-41-42-43-44-47-49-52-55-58-61-64-67-70-76(79)82-73-74(83-77(80)71-68-65-62-59-56-53-50-46-30-27-24-21-18-15-12-9-6-3)72-81-75(78)69-66-63-60-57-54-51-48-45-29-26-23-20-17-14-11-8-5-2/h8-9,11-12,17-18,20-22,25-27,29-32,34-35,50,53,59,62,74H,4-7,10,13-16,19,23-24,28,33,36-49,51-52,54-58,60-61,63-73H2,1-3H3/b11-8-,12-9-,20-17-,21-18-,25-22-,29-26-,30-27-,32-31-,35-34-,53-50-,62-59-. The van der Waals surface area contributed by atoms with Gasteiger partial charge in [0.1, 0.15) is 13.2 Å². The van der Waals surface area contributed by atoms with E-state index < -0.39 is 6.10 Å². The smallest absolute Gasteiger partial charge is 0.306 e. The zero-order valence-electron chi connectivity index (χ0n) is 54.2. The quantitative estimate of drug-likeness (QED) is 0.0261. The molecule has 0 saturated heterocycles. The largest absolute Gasteiger partial charge is 0.462 e. The van der Waals surface area contributed by atoms with Crippen LogP contribution in [0.1, 0.15) is 316 Å². The second kappa shape index (κ2) is 70.0. The summed E-state index contributed by atoms with van der Waals surface area (Å²) in [5, 5.41) is 0. The third kappa shape index (κ3) is 68.2. The van der Waals surface area contributed by atoms with E-state index in [1.807, 2.05) is 0 Å². The van der Waals surface area contributed by atoms with E-state index in [0.29, 0.717) is 19.3 Å². The molecule has 0 rings (SSSR count). The summed E-state index contributed by atoms with van der Waals surface area (Å²) in [6.07, 6.45) is 99.1. The molecule has 6 heteroatoms. The van der Waals surface area contributed by atoms with Crippen molar-refractivity contribution in [3.8, 4) is 0 Å². The summed E-state index contributed by atoms with van der Waals surface area (Å²) in [6, 6.07) is 0. The lowest BCUT2D eigenvalue weighted by Gasteiger charge is -2.18. The monoisotopic (exact) mass is 1150 g/mol. The lowest BCUT2D eigenvalue weighted by atomic mass is 10.0. The lowest BCUT2D eigenvalue weighted by molar-refractivity contribution is -0.167. The van der Waals surface area contributed by atoms with Crippen molar-refractivity contribution in [2.45, 2.75) is 322 Å². The van der Waals surface area contributed by atoms with Gasteiger partial charge in [0.05, 0.1) is 0 Å². The van der Waals surface area contributed by atoms with Crippen molar-refractivity contribution in [2.75, 3.05) is 13.2 Å². The molecule has 0 heterocycles. The number of allylic oxidation sites excluding steroid dienone is 22. The molecule has 0 fully saturated rings. The maximum Gasteiger partial charge on any atom is 0.306 e. The number of carbonyl (C=O) groups is 3. The van der Waals surface area contributed by atoms with Crippen LogP contribution in [-0.2, 0) is 28.6 Å². The Bertz CT molecular complexity index is 1750. The van der Waals surface area contributed by atoms with Gasteiger partial charge in [-0.25, -0.2) is 0 Å². The molecule has 0 aliphatic rings. The van der Waals surface area contributed by atoms with Crippen LogP contribution in [0.15, 0.2) is 134 Å². The highest BCUT2D eigenvalue weighted by atomic mass is 16.6. The molecule has 0 saturated carbocycles. The minimum Gasteiger partial charge on any atom is -0.462 e. The first kappa shape index (κ1) is 78.5. The number of esters is 3. The number of unbranched alkanes of at least 4 members (excludes halogenated alkanes) is 29. The maximum atomic E-state index is 12.9. The zero-order chi connectivity index (χ0) is 59.9. The van der Waals surface area contributed by atoms with Gasteiger partial charge in [0.15, 0.2) is 6.10 Å². The predicted octanol–water partition coefficient (Wildman–Crippen LogP) is 24.1. The van der Waals surface area contributed by atoms with Crippen LogP contribution < -0.4 is 0 Å². The van der Waals surface area contributed by atoms with Crippen LogP contribution in [0.2, 0.25) is 0 Å². The van der Waals surface area contributed by atoms with Gasteiger partial charge in [-0.2, -0.15) is 0 Å². The van der Waals surface area contributed by atoms with Gasteiger partial charge in [-0.15, -0.1) is 0 Å². The van der Waals surface area contributed by atoms with Crippen LogP contribution in [0.4, 0.5) is 0 Å². The molecule has 0 aromatic carbocycles. The van der Waals surface area contributed by atoms with Crippen LogP contribution in [-0.4, -0.2) is 37.2 Å². The molecule has 0 aromatic rings. The summed E-state index contributed by atoms with van der Waals surface area (Å²) >= 11 is 0. The lowest BCUT2D eigenvalue weighted by Crippen LogP contribution is -2.30. The molecule has 0 amide bonds. The highest BCUT2D eigenvalue weighted by Crippen LogP contribution is 2.16. The molecule has 0 N–H and O–H groups in total. The Hall–Kier alpha value is -4.45. The fourth-order valence-electron chi connectivity index (χ4n) is 9.50. The third-order valence-electron chi connectivity index (χ3n) is 14.6. The average molecular weight is 1150 g/mol. The molecule has 472 valence electrons. The Kier molecular flexibility index (Phi) is 66.3. The molecular weight excluding hydrogens is 1020 g/mol. The Morgan fingerprint density at radius 2 is 0.482 bits per heavy atom. The van der Waals surface area contributed by atoms with Gasteiger partial charge in [-0.05, 0) is 128 Å². The van der Waals surface area contributed by atoms with Crippen LogP contribution in [0, 0.1) is 0 Å². The molecule has 0 spiro atoms. The molecular formula is C77H128O6. The minimum atomic E-state index is -0.818. The SMILES string of the molecule is CC/C=C\C/C=C\C/C=C\C/C=C\C/C=C\CCCC(=O)OC(COC(=O)CCCCCCCCC/C=C\C/C=C\C/C=C\CC)COC(=O)CCCCCCCCCCCCCCCCCC/C=C\C/C=C\C/C=C\CCCCCCC. The van der Waals surface area contributed by atoms with Crippen molar-refractivity contribution in [1.29, 1.82) is 0 Å². The van der Waals surface area contributed by atoms with E-state index in [-0.39, 0.29) is 37.5 Å². The molecule has 6 nitrogen and oxygen atoms in total. The number of hydrogen-bond donors (Lipinski definition) is 0. The van der Waals surface area contributed by atoms with Crippen LogP contribution >= 0.6 is 0 Å². The fraction of sp³-hybridized carbons (Fsp3) is 0.675. The number of ether oxygens (including phenoxy) is 3. The van der Waals surface area contributed by atoms with Gasteiger partial charge in [-0.3, -0.25) is 14.4 Å². The first-order valence-electron chi connectivity index (χ1n) is 34.7. The van der Waals surface area contributed by atoms with Gasteiger partial charge >= 0.3 is 17.9 Å². The summed E-state index contributed by atoms with van der Waals surface area (Å²) in [6.45, 7) is 6.37. The Balaban J connectivity index is 4.32. The zero-order valence-corrected chi connectivity index (χ0v) is 54.2. The average Bonchev–Trinajstić information content (AvgIpc) is 3.50. The number of rotatable bonds is 62. The number of carbonyl (C=O) groups excluding carboxylic acids is 3. The van der Waals surface area contributed by atoms with E-state index in [4.69, 9.17) is 14.2 Å². The van der Waals surface area contributed by atoms with Crippen molar-refractivity contribution in [3.63, 3.8) is 0 Å². The molecule has 0 aliphatic carbocycles. The van der Waals surface area contributed by atoms with Gasteiger partial charge in [-0.1, -0.05) is 302 Å². The van der Waals surface area contributed by atoms with Gasteiger partial charge in [0.25, 0.3) is 0 Å². The van der Waals surface area contributed by atoms with Crippen molar-refractivity contribution >= 4 is 17.9 Å². The Morgan fingerprint density at radius 1 is 0.253 bits per heavy atom. The first-order valence-corrected chi connectivity index (χ1v) is 34.7. The topological polar surface area (TPSA) is 78.9 Å². The summed E-state index contributed by atoms with van der Waals surface area (Å²) in [4.78, 5) is 38.4. The van der Waals surface area contributed by atoms with E-state index in [1.54, 1.807) is 0 Å². The normalized spacial score (nSPS) is 13.0. The molecule has 83 heavy (non-hydrogen) atoms. The molecule has 0 bridgehead atoms. The van der Waals surface area contributed by atoms with Gasteiger partial charge in [0.2, 0.25) is 0 Å². The summed E-state index contributed by atoms with van der Waals surface area (Å²) < 4.78 is 16.9. The van der Waals surface area contributed by atoms with E-state index >= 15 is 0 Å². The van der Waals surface area contributed by atoms with Crippen molar-refractivity contribution in [1.82, 2.24) is 0 Å². The fourth-order valence-corrected chi connectivity index (χ4v) is 9.50. The second-order valence-electron chi connectivity index (χ2n) is 22.7. The Labute approximate surface area is 513 Å². The predicted molar refractivity (Wildman–Crippen MR) is 362 cm³/mol. The van der Waals surface area contributed by atoms with Crippen molar-refractivity contribution < 1.29 is 28.6 Å². The first-order chi connectivity index (χ1) is 41.0. The molecule has 1 atom stereocenters. The minimum absolute atomic E-state index is 0.106. The summed E-state index contributed by atoms with van der Waals surface area (Å²) in [7, 11) is 0. The van der Waals surface area contributed by atoms with Crippen molar-refractivity contribution in [2.24, 2.45) is 0 Å². The van der Waals surface area contributed by atoms with E-state index in [9.17, 15) is 14.4 Å². The van der Waals surface area contributed by atoms with E-state index in [1.165, 1.54) is 154 Å². The number of hydrogen-bond acceptors (Lipinski definition) is 6. The molecule has 0 aromatic heterocycles. The van der Waals surface area contributed by atoms with Crippen LogP contribution in [0.3, 0.4) is 0 Å². The van der Waals surface area contributed by atoms with Crippen LogP contribution in [0.25, 0.3) is 0 Å². The van der Waals surface area contributed by atoms with Crippen LogP contribution in [0.5, 0.6) is 0 Å². The molecule has 0 radical (unpaired) electrons. The van der Waals surface area contributed by atoms with Crippen molar-refractivity contribution in [3.05, 3.63) is 134 Å². The molecule has 0 aliphatic heterocycles. The van der Waals surface area contributed by atoms with E-state index in [0.717, 1.165) is 116 Å². The second-order valence-corrected chi connectivity index (χ2v) is 22.7. The molecule has 1 unspecified atom stereocenters. The van der Waals surface area contributed by atoms with Gasteiger partial charge in [0, 0.05) is 19.3 Å². The van der Waals surface area contributed by atoms with Gasteiger partial charge < -0.3 is 14.2 Å². The summed E-state index contributed by atoms with van der Waals surface area (Å²) in [5.41, 5.74) is 0. The summed E-state index contributed by atoms with van der Waals surface area (Å²) in [5.74, 6) is -0.969.